The Balaban J connectivity index is 2.17. The number of halogens is 2. The van der Waals surface area contributed by atoms with Gasteiger partial charge in [-0.1, -0.05) is 22.9 Å². The summed E-state index contributed by atoms with van der Waals surface area (Å²) in [6.45, 7) is 0. The van der Waals surface area contributed by atoms with Gasteiger partial charge in [0.2, 0.25) is 0 Å². The monoisotopic (exact) mass is 331 g/mol. The molecule has 2 aromatic rings. The zero-order valence-electron chi connectivity index (χ0n) is 8.41. The first-order valence-corrected chi connectivity index (χ1v) is 6.52. The molecule has 0 unspecified atom stereocenters. The molecule has 0 bridgehead atoms. The van der Waals surface area contributed by atoms with E-state index >= 15 is 0 Å². The lowest BCUT2D eigenvalue weighted by Crippen LogP contribution is -2.11. The van der Waals surface area contributed by atoms with Crippen molar-refractivity contribution in [1.29, 1.82) is 0 Å². The standard InChI is InChI=1S/C10H7BrClN3OS/c11-8-4-14-10(17-8)15-9(16)5-1-2-6(12)7(13)3-5/h1-4H,13H2,(H,14,15,16). The maximum atomic E-state index is 11.8. The molecule has 0 fully saturated rings. The van der Waals surface area contributed by atoms with E-state index in [2.05, 4.69) is 26.2 Å². The largest absolute Gasteiger partial charge is 0.398 e. The summed E-state index contributed by atoms with van der Waals surface area (Å²) in [4.78, 5) is 15.8. The van der Waals surface area contributed by atoms with Crippen LogP contribution in [0.25, 0.3) is 0 Å². The van der Waals surface area contributed by atoms with Gasteiger partial charge in [-0.2, -0.15) is 0 Å². The van der Waals surface area contributed by atoms with Crippen molar-refractivity contribution in [3.8, 4) is 0 Å². The van der Waals surface area contributed by atoms with E-state index in [0.29, 0.717) is 21.4 Å². The fourth-order valence-corrected chi connectivity index (χ4v) is 2.39. The smallest absolute Gasteiger partial charge is 0.257 e. The predicted molar refractivity (Wildman–Crippen MR) is 73.6 cm³/mol. The van der Waals surface area contributed by atoms with Crippen LogP contribution in [0.15, 0.2) is 28.2 Å². The third-order valence-electron chi connectivity index (χ3n) is 1.96. The van der Waals surface area contributed by atoms with Gasteiger partial charge >= 0.3 is 0 Å². The summed E-state index contributed by atoms with van der Waals surface area (Å²) in [5, 5.41) is 3.62. The number of hydrogen-bond donors (Lipinski definition) is 2. The molecule has 0 aliphatic carbocycles. The second-order valence-electron chi connectivity index (χ2n) is 3.16. The van der Waals surface area contributed by atoms with Crippen LogP contribution in [0, 0.1) is 0 Å². The molecule has 0 radical (unpaired) electrons. The van der Waals surface area contributed by atoms with Gasteiger partial charge < -0.3 is 5.73 Å². The maximum Gasteiger partial charge on any atom is 0.257 e. The molecule has 1 aromatic carbocycles. The Bertz CT molecular complexity index is 572. The Kier molecular flexibility index (Phi) is 3.66. The zero-order valence-corrected chi connectivity index (χ0v) is 11.6. The molecule has 0 atom stereocenters. The number of carbonyl (C=O) groups is 1. The van der Waals surface area contributed by atoms with E-state index in [1.807, 2.05) is 0 Å². The highest BCUT2D eigenvalue weighted by molar-refractivity contribution is 9.11. The fraction of sp³-hybridized carbons (Fsp3) is 0. The van der Waals surface area contributed by atoms with Gasteiger partial charge in [-0.05, 0) is 34.1 Å². The number of benzene rings is 1. The first-order valence-electron chi connectivity index (χ1n) is 4.54. The van der Waals surface area contributed by atoms with E-state index < -0.39 is 0 Å². The van der Waals surface area contributed by atoms with Crippen LogP contribution in [0.4, 0.5) is 10.8 Å². The Hall–Kier alpha value is -1.11. The molecule has 2 rings (SSSR count). The average molecular weight is 333 g/mol. The minimum absolute atomic E-state index is 0.268. The van der Waals surface area contributed by atoms with Crippen LogP contribution in [0.1, 0.15) is 10.4 Å². The van der Waals surface area contributed by atoms with Crippen LogP contribution >= 0.6 is 38.9 Å². The third kappa shape index (κ3) is 2.96. The third-order valence-corrected chi connectivity index (χ3v) is 3.69. The minimum Gasteiger partial charge on any atom is -0.398 e. The fourth-order valence-electron chi connectivity index (χ4n) is 1.17. The highest BCUT2D eigenvalue weighted by Gasteiger charge is 2.09. The number of anilines is 2. The van der Waals surface area contributed by atoms with Crippen molar-refractivity contribution >= 4 is 55.6 Å². The highest BCUT2D eigenvalue weighted by atomic mass is 79.9. The lowest BCUT2D eigenvalue weighted by Gasteiger charge is -2.03. The van der Waals surface area contributed by atoms with Gasteiger partial charge in [-0.15, -0.1) is 0 Å². The number of nitrogens with zero attached hydrogens (tertiary/aromatic N) is 1. The average Bonchev–Trinajstić information content (AvgIpc) is 2.68. The van der Waals surface area contributed by atoms with E-state index in [-0.39, 0.29) is 5.91 Å². The molecule has 1 amide bonds. The lowest BCUT2D eigenvalue weighted by molar-refractivity contribution is 0.102. The highest BCUT2D eigenvalue weighted by Crippen LogP contribution is 2.24. The topological polar surface area (TPSA) is 68.0 Å². The molecule has 17 heavy (non-hydrogen) atoms. The summed E-state index contributed by atoms with van der Waals surface area (Å²) in [5.74, 6) is -0.268. The van der Waals surface area contributed by atoms with Crippen molar-refractivity contribution in [2.75, 3.05) is 11.1 Å². The van der Waals surface area contributed by atoms with Crippen LogP contribution in [0.2, 0.25) is 5.02 Å². The number of nitrogens with one attached hydrogen (secondary N) is 1. The number of aromatic nitrogens is 1. The quantitative estimate of drug-likeness (QED) is 0.828. The van der Waals surface area contributed by atoms with Crippen LogP contribution < -0.4 is 11.1 Å². The molecule has 1 heterocycles. The minimum atomic E-state index is -0.268. The van der Waals surface area contributed by atoms with Crippen molar-refractivity contribution < 1.29 is 4.79 Å². The number of amides is 1. The number of nitrogens with two attached hydrogens (primary N) is 1. The Morgan fingerprint density at radius 1 is 1.53 bits per heavy atom. The number of thiazole rings is 1. The van der Waals surface area contributed by atoms with Crippen LogP contribution in [0.5, 0.6) is 0 Å². The Morgan fingerprint density at radius 3 is 2.88 bits per heavy atom. The van der Waals surface area contributed by atoms with Crippen LogP contribution in [-0.2, 0) is 0 Å². The van der Waals surface area contributed by atoms with E-state index in [1.54, 1.807) is 18.3 Å². The SMILES string of the molecule is Nc1cc(C(=O)Nc2ncc(Br)s2)ccc1Cl. The van der Waals surface area contributed by atoms with Crippen LogP contribution in [-0.4, -0.2) is 10.9 Å². The van der Waals surface area contributed by atoms with Crippen molar-refractivity contribution in [3.05, 3.63) is 38.8 Å². The molecule has 0 spiro atoms. The lowest BCUT2D eigenvalue weighted by atomic mass is 10.2. The summed E-state index contributed by atoms with van der Waals surface area (Å²) >= 11 is 10.4. The zero-order chi connectivity index (χ0) is 12.4. The molecule has 0 aliphatic heterocycles. The molecule has 4 nitrogen and oxygen atoms in total. The summed E-state index contributed by atoms with van der Waals surface area (Å²) < 4.78 is 0.850. The van der Waals surface area contributed by atoms with Gasteiger partial charge in [0.1, 0.15) is 0 Å². The number of nitrogen functional groups attached to an aromatic ring is 1. The van der Waals surface area contributed by atoms with Crippen molar-refractivity contribution in [1.82, 2.24) is 4.98 Å². The van der Waals surface area contributed by atoms with Gasteiger partial charge in [0.05, 0.1) is 20.7 Å². The Morgan fingerprint density at radius 2 is 2.29 bits per heavy atom. The molecular formula is C10H7BrClN3OS. The maximum absolute atomic E-state index is 11.8. The summed E-state index contributed by atoms with van der Waals surface area (Å²) in [6.07, 6.45) is 1.62. The second kappa shape index (κ2) is 5.03. The van der Waals surface area contributed by atoms with E-state index in [0.717, 1.165) is 3.79 Å². The molecule has 0 saturated heterocycles. The molecule has 7 heteroatoms. The number of hydrogen-bond acceptors (Lipinski definition) is 4. The first kappa shape index (κ1) is 12.3. The number of rotatable bonds is 2. The molecule has 88 valence electrons. The summed E-state index contributed by atoms with van der Waals surface area (Å²) in [6, 6.07) is 4.72. The van der Waals surface area contributed by atoms with Crippen molar-refractivity contribution in [2.24, 2.45) is 0 Å². The van der Waals surface area contributed by atoms with Crippen molar-refractivity contribution in [2.45, 2.75) is 0 Å². The second-order valence-corrected chi connectivity index (χ2v) is 5.98. The van der Waals surface area contributed by atoms with Gasteiger partial charge in [0.25, 0.3) is 5.91 Å². The summed E-state index contributed by atoms with van der Waals surface area (Å²) in [5.41, 5.74) is 6.44. The van der Waals surface area contributed by atoms with E-state index in [4.69, 9.17) is 17.3 Å². The predicted octanol–water partition coefficient (Wildman–Crippen LogP) is 3.39. The van der Waals surface area contributed by atoms with Gasteiger partial charge in [-0.25, -0.2) is 4.98 Å². The number of carbonyl (C=O) groups excluding carboxylic acids is 1. The normalized spacial score (nSPS) is 10.2. The van der Waals surface area contributed by atoms with Gasteiger partial charge in [0.15, 0.2) is 5.13 Å². The van der Waals surface area contributed by atoms with Gasteiger partial charge in [0, 0.05) is 5.56 Å². The summed E-state index contributed by atoms with van der Waals surface area (Å²) in [7, 11) is 0. The van der Waals surface area contributed by atoms with Crippen LogP contribution in [0.3, 0.4) is 0 Å². The first-order chi connectivity index (χ1) is 8.06. The molecule has 0 saturated carbocycles. The molecule has 1 aromatic heterocycles. The van der Waals surface area contributed by atoms with Gasteiger partial charge in [-0.3, -0.25) is 10.1 Å². The molecule has 3 N–H and O–H groups in total. The molecule has 0 aliphatic rings. The van der Waals surface area contributed by atoms with E-state index in [1.165, 1.54) is 17.4 Å². The molecular weight excluding hydrogens is 326 g/mol. The van der Waals surface area contributed by atoms with E-state index in [9.17, 15) is 4.79 Å². The Labute approximate surface area is 115 Å². The van der Waals surface area contributed by atoms with Crippen molar-refractivity contribution in [3.63, 3.8) is 0 Å².